The number of hydrogen-bond acceptors (Lipinski definition) is 3. The minimum Gasteiger partial charge on any atom is -0.493 e. The van der Waals surface area contributed by atoms with Gasteiger partial charge in [-0.15, -0.1) is 0 Å². The van der Waals surface area contributed by atoms with Crippen molar-refractivity contribution in [1.29, 1.82) is 0 Å². The van der Waals surface area contributed by atoms with Crippen LogP contribution in [0.25, 0.3) is 0 Å². The predicted octanol–water partition coefficient (Wildman–Crippen LogP) is 3.62. The molecular formula is C16H19NO2. The maximum absolute atomic E-state index is 5.41. The smallest absolute Gasteiger partial charge is 0.165 e. The molecule has 0 fully saturated rings. The highest BCUT2D eigenvalue weighted by Gasteiger charge is 2.08. The van der Waals surface area contributed by atoms with Crippen LogP contribution < -0.4 is 14.8 Å². The molecular weight excluding hydrogens is 238 g/mol. The Kier molecular flexibility index (Phi) is 4.29. The number of rotatable bonds is 5. The lowest BCUT2D eigenvalue weighted by molar-refractivity contribution is 0.352. The monoisotopic (exact) mass is 257 g/mol. The molecule has 0 aliphatic heterocycles. The Hall–Kier alpha value is -2.16. The summed E-state index contributed by atoms with van der Waals surface area (Å²) in [7, 11) is 3.31. The number of para-hydroxylation sites is 1. The van der Waals surface area contributed by atoms with Gasteiger partial charge in [0.1, 0.15) is 0 Å². The number of ether oxygens (including phenoxy) is 2. The van der Waals surface area contributed by atoms with Gasteiger partial charge in [-0.2, -0.15) is 0 Å². The van der Waals surface area contributed by atoms with Crippen LogP contribution in [0.3, 0.4) is 0 Å². The third-order valence-corrected chi connectivity index (χ3v) is 3.02. The maximum atomic E-state index is 5.41. The fraction of sp³-hybridized carbons (Fsp3) is 0.250. The molecule has 3 heteroatoms. The molecule has 0 spiro atoms. The molecule has 0 heterocycles. The Bertz CT molecular complexity index is 535. The number of nitrogens with one attached hydrogen (secondary N) is 1. The summed E-state index contributed by atoms with van der Waals surface area (Å²) in [5.41, 5.74) is 3.42. The van der Waals surface area contributed by atoms with Gasteiger partial charge in [0.05, 0.1) is 14.2 Å². The lowest BCUT2D eigenvalue weighted by Crippen LogP contribution is -2.02. The van der Waals surface area contributed by atoms with Crippen LogP contribution in [0.15, 0.2) is 42.5 Å². The van der Waals surface area contributed by atoms with Crippen molar-refractivity contribution in [3.8, 4) is 11.5 Å². The summed E-state index contributed by atoms with van der Waals surface area (Å²) in [6.45, 7) is 2.78. The van der Waals surface area contributed by atoms with Gasteiger partial charge in [0.15, 0.2) is 11.5 Å². The highest BCUT2D eigenvalue weighted by Crippen LogP contribution is 2.31. The van der Waals surface area contributed by atoms with Crippen molar-refractivity contribution in [3.05, 3.63) is 53.6 Å². The molecule has 0 amide bonds. The van der Waals surface area contributed by atoms with E-state index in [4.69, 9.17) is 9.47 Å². The van der Waals surface area contributed by atoms with Crippen LogP contribution in [0.4, 0.5) is 5.69 Å². The molecule has 0 saturated heterocycles. The summed E-state index contributed by atoms with van der Waals surface area (Å²) >= 11 is 0. The number of benzene rings is 2. The second-order valence-electron chi connectivity index (χ2n) is 4.37. The van der Waals surface area contributed by atoms with E-state index in [1.807, 2.05) is 18.2 Å². The topological polar surface area (TPSA) is 30.5 Å². The number of hydrogen-bond donors (Lipinski definition) is 1. The van der Waals surface area contributed by atoms with Crippen LogP contribution in [-0.2, 0) is 6.54 Å². The molecule has 0 aliphatic rings. The average Bonchev–Trinajstić information content (AvgIpc) is 2.46. The molecule has 2 aromatic carbocycles. The quantitative estimate of drug-likeness (QED) is 0.887. The fourth-order valence-corrected chi connectivity index (χ4v) is 1.96. The highest BCUT2D eigenvalue weighted by molar-refractivity contribution is 5.50. The Morgan fingerprint density at radius 1 is 0.947 bits per heavy atom. The summed E-state index contributed by atoms with van der Waals surface area (Å²) in [4.78, 5) is 0. The fourth-order valence-electron chi connectivity index (χ4n) is 1.96. The van der Waals surface area contributed by atoms with E-state index >= 15 is 0 Å². The second-order valence-corrected chi connectivity index (χ2v) is 4.37. The van der Waals surface area contributed by atoms with Gasteiger partial charge in [-0.25, -0.2) is 0 Å². The molecule has 0 aromatic heterocycles. The molecule has 100 valence electrons. The summed E-state index contributed by atoms with van der Waals surface area (Å²) < 4.78 is 10.7. The molecule has 3 nitrogen and oxygen atoms in total. The Balaban J connectivity index is 2.13. The summed E-state index contributed by atoms with van der Waals surface area (Å²) in [6.07, 6.45) is 0. The summed E-state index contributed by atoms with van der Waals surface area (Å²) in [5.74, 6) is 1.54. The Morgan fingerprint density at radius 2 is 1.68 bits per heavy atom. The van der Waals surface area contributed by atoms with Gasteiger partial charge < -0.3 is 14.8 Å². The first-order valence-electron chi connectivity index (χ1n) is 6.25. The third kappa shape index (κ3) is 3.19. The van der Waals surface area contributed by atoms with Gasteiger partial charge in [0, 0.05) is 17.8 Å². The normalized spacial score (nSPS) is 10.1. The summed E-state index contributed by atoms with van der Waals surface area (Å²) in [6, 6.07) is 14.2. The van der Waals surface area contributed by atoms with Gasteiger partial charge in [-0.3, -0.25) is 0 Å². The molecule has 0 atom stereocenters. The minimum atomic E-state index is 0.698. The number of methoxy groups -OCH3 is 2. The van der Waals surface area contributed by atoms with Crippen LogP contribution in [0, 0.1) is 6.92 Å². The highest BCUT2D eigenvalue weighted by atomic mass is 16.5. The Labute approximate surface area is 114 Å². The van der Waals surface area contributed by atoms with Crippen molar-refractivity contribution in [2.75, 3.05) is 19.5 Å². The minimum absolute atomic E-state index is 0.698. The van der Waals surface area contributed by atoms with Gasteiger partial charge in [0.25, 0.3) is 0 Å². The van der Waals surface area contributed by atoms with Crippen molar-refractivity contribution < 1.29 is 9.47 Å². The van der Waals surface area contributed by atoms with Crippen molar-refractivity contribution in [2.45, 2.75) is 13.5 Å². The maximum Gasteiger partial charge on any atom is 0.165 e. The second kappa shape index (κ2) is 6.14. The van der Waals surface area contributed by atoms with Gasteiger partial charge >= 0.3 is 0 Å². The molecule has 0 unspecified atom stereocenters. The molecule has 2 rings (SSSR count). The van der Waals surface area contributed by atoms with E-state index in [0.29, 0.717) is 6.54 Å². The van der Waals surface area contributed by atoms with E-state index in [1.165, 1.54) is 5.56 Å². The van der Waals surface area contributed by atoms with E-state index in [2.05, 4.69) is 36.5 Å². The van der Waals surface area contributed by atoms with E-state index in [1.54, 1.807) is 14.2 Å². The van der Waals surface area contributed by atoms with Gasteiger partial charge in [0.2, 0.25) is 0 Å². The zero-order valence-corrected chi connectivity index (χ0v) is 11.6. The van der Waals surface area contributed by atoms with Crippen molar-refractivity contribution >= 4 is 5.69 Å². The molecule has 0 saturated carbocycles. The van der Waals surface area contributed by atoms with Crippen LogP contribution in [0.2, 0.25) is 0 Å². The molecule has 2 aromatic rings. The van der Waals surface area contributed by atoms with Crippen molar-refractivity contribution in [2.24, 2.45) is 0 Å². The number of anilines is 1. The first kappa shape index (κ1) is 13.3. The third-order valence-electron chi connectivity index (χ3n) is 3.02. The van der Waals surface area contributed by atoms with E-state index in [0.717, 1.165) is 22.7 Å². The molecule has 0 bridgehead atoms. The lowest BCUT2D eigenvalue weighted by atomic mass is 10.1. The zero-order chi connectivity index (χ0) is 13.7. The van der Waals surface area contributed by atoms with Crippen molar-refractivity contribution in [1.82, 2.24) is 0 Å². The number of aryl methyl sites for hydroxylation is 1. The molecule has 0 aliphatic carbocycles. The van der Waals surface area contributed by atoms with Crippen LogP contribution in [-0.4, -0.2) is 14.2 Å². The lowest BCUT2D eigenvalue weighted by Gasteiger charge is -2.13. The van der Waals surface area contributed by atoms with Gasteiger partial charge in [-0.05, 0) is 25.1 Å². The van der Waals surface area contributed by atoms with Crippen LogP contribution >= 0.6 is 0 Å². The standard InChI is InChI=1S/C16H19NO2/c1-12-7-9-14(10-8-12)17-11-13-5-4-6-15(18-2)16(13)19-3/h4-10,17H,11H2,1-3H3. The molecule has 1 N–H and O–H groups in total. The predicted molar refractivity (Wildman–Crippen MR) is 78.1 cm³/mol. The SMILES string of the molecule is COc1cccc(CNc2ccc(C)cc2)c1OC. The van der Waals surface area contributed by atoms with E-state index in [-0.39, 0.29) is 0 Å². The first-order chi connectivity index (χ1) is 9.24. The van der Waals surface area contributed by atoms with Crippen LogP contribution in [0.5, 0.6) is 11.5 Å². The zero-order valence-electron chi connectivity index (χ0n) is 11.6. The Morgan fingerprint density at radius 3 is 2.32 bits per heavy atom. The van der Waals surface area contributed by atoms with E-state index in [9.17, 15) is 0 Å². The molecule has 19 heavy (non-hydrogen) atoms. The van der Waals surface area contributed by atoms with Crippen molar-refractivity contribution in [3.63, 3.8) is 0 Å². The van der Waals surface area contributed by atoms with Gasteiger partial charge in [-0.1, -0.05) is 29.8 Å². The summed E-state index contributed by atoms with van der Waals surface area (Å²) in [5, 5.41) is 3.38. The van der Waals surface area contributed by atoms with Crippen LogP contribution in [0.1, 0.15) is 11.1 Å². The first-order valence-corrected chi connectivity index (χ1v) is 6.25. The van der Waals surface area contributed by atoms with E-state index < -0.39 is 0 Å². The largest absolute Gasteiger partial charge is 0.493 e. The molecule has 0 radical (unpaired) electrons. The average molecular weight is 257 g/mol.